The van der Waals surface area contributed by atoms with Crippen LogP contribution in [0.25, 0.3) is 38.6 Å². The van der Waals surface area contributed by atoms with Crippen molar-refractivity contribution in [1.29, 1.82) is 0 Å². The first-order valence-electron chi connectivity index (χ1n) is 12.8. The van der Waals surface area contributed by atoms with E-state index in [1.807, 2.05) is 24.4 Å². The van der Waals surface area contributed by atoms with Gasteiger partial charge in [-0.2, -0.15) is 0 Å². The summed E-state index contributed by atoms with van der Waals surface area (Å²) >= 11 is 0. The van der Waals surface area contributed by atoms with Crippen molar-refractivity contribution in [3.63, 3.8) is 0 Å². The molecule has 0 aliphatic carbocycles. The fraction of sp³-hybridized carbons (Fsp3) is 0.219. The third-order valence-electron chi connectivity index (χ3n) is 6.89. The minimum Gasteiger partial charge on any atom is -0.494 e. The third-order valence-corrected chi connectivity index (χ3v) is 6.89. The number of ether oxygens (including phenoxy) is 1. The van der Waals surface area contributed by atoms with Gasteiger partial charge in [0.1, 0.15) is 11.4 Å². The van der Waals surface area contributed by atoms with Gasteiger partial charge < -0.3 is 14.6 Å². The van der Waals surface area contributed by atoms with Crippen LogP contribution in [0.3, 0.4) is 0 Å². The molecule has 0 saturated heterocycles. The second kappa shape index (κ2) is 10.8. The Kier molecular flexibility index (Phi) is 7.15. The molecule has 0 unspecified atom stereocenters. The van der Waals surface area contributed by atoms with Crippen LogP contribution in [-0.4, -0.2) is 41.1 Å². The molecule has 0 amide bonds. The lowest BCUT2D eigenvalue weighted by atomic mass is 9.99. The van der Waals surface area contributed by atoms with Crippen LogP contribution in [0.15, 0.2) is 91.6 Å². The molecule has 5 rings (SSSR count). The quantitative estimate of drug-likeness (QED) is 0.212. The van der Waals surface area contributed by atoms with Crippen molar-refractivity contribution in [2.75, 3.05) is 26.2 Å². The molecule has 4 nitrogen and oxygen atoms in total. The number of hydrogen-bond donors (Lipinski definition) is 1. The molecule has 5 aromatic rings. The molecule has 0 atom stereocenters. The Balaban J connectivity index is 1.36. The molecule has 2 aromatic heterocycles. The summed E-state index contributed by atoms with van der Waals surface area (Å²) in [5, 5.41) is 2.27. The van der Waals surface area contributed by atoms with Gasteiger partial charge in [-0.1, -0.05) is 69.0 Å². The van der Waals surface area contributed by atoms with Crippen LogP contribution in [0.2, 0.25) is 0 Å². The Morgan fingerprint density at radius 1 is 0.861 bits per heavy atom. The topological polar surface area (TPSA) is 41.1 Å². The number of fused-ring (bicyclic) bond motifs is 3. The van der Waals surface area contributed by atoms with Gasteiger partial charge in [0.25, 0.3) is 0 Å². The number of hydrogen-bond acceptors (Lipinski definition) is 3. The summed E-state index contributed by atoms with van der Waals surface area (Å²) in [7, 11) is 0. The summed E-state index contributed by atoms with van der Waals surface area (Å²) in [5.41, 5.74) is 7.42. The van der Waals surface area contributed by atoms with Crippen molar-refractivity contribution in [3.05, 3.63) is 103 Å². The van der Waals surface area contributed by atoms with E-state index in [1.165, 1.54) is 11.1 Å². The molecule has 4 heteroatoms. The lowest BCUT2D eigenvalue weighted by Gasteiger charge is -2.17. The lowest BCUT2D eigenvalue weighted by molar-refractivity contribution is 0.249. The fourth-order valence-electron chi connectivity index (χ4n) is 4.69. The molecular formula is C32H33N3O. The zero-order valence-corrected chi connectivity index (χ0v) is 21.1. The van der Waals surface area contributed by atoms with E-state index in [9.17, 15) is 0 Å². The normalized spacial score (nSPS) is 11.4. The minimum atomic E-state index is 0.737. The van der Waals surface area contributed by atoms with Gasteiger partial charge in [0.2, 0.25) is 0 Å². The summed E-state index contributed by atoms with van der Waals surface area (Å²) in [4.78, 5) is 10.6. The Morgan fingerprint density at radius 2 is 1.61 bits per heavy atom. The van der Waals surface area contributed by atoms with Crippen molar-refractivity contribution in [1.82, 2.24) is 14.9 Å². The molecule has 1 N–H and O–H groups in total. The highest BCUT2D eigenvalue weighted by Gasteiger charge is 2.11. The number of nitrogens with one attached hydrogen (secondary N) is 1. The van der Waals surface area contributed by atoms with Crippen molar-refractivity contribution in [2.24, 2.45) is 0 Å². The number of nitrogens with zero attached hydrogens (tertiary/aromatic N) is 2. The summed E-state index contributed by atoms with van der Waals surface area (Å²) in [6.07, 6.45) is 2.93. The maximum atomic E-state index is 5.98. The predicted molar refractivity (Wildman–Crippen MR) is 152 cm³/mol. The molecule has 0 radical (unpaired) electrons. The highest BCUT2D eigenvalue weighted by molar-refractivity contribution is 6.08. The maximum Gasteiger partial charge on any atom is 0.138 e. The van der Waals surface area contributed by atoms with Gasteiger partial charge in [0, 0.05) is 34.6 Å². The Morgan fingerprint density at radius 3 is 2.36 bits per heavy atom. The Bertz CT molecular complexity index is 1460. The summed E-state index contributed by atoms with van der Waals surface area (Å²) in [5.74, 6) is 0.916. The predicted octanol–water partition coefficient (Wildman–Crippen LogP) is 7.56. The first-order valence-corrected chi connectivity index (χ1v) is 12.8. The van der Waals surface area contributed by atoms with Crippen LogP contribution >= 0.6 is 0 Å². The maximum absolute atomic E-state index is 5.98. The first kappa shape index (κ1) is 23.8. The number of benzene rings is 3. The molecule has 0 aliphatic rings. The number of aromatic amines is 1. The molecule has 0 aliphatic heterocycles. The second-order valence-electron chi connectivity index (χ2n) is 9.10. The largest absolute Gasteiger partial charge is 0.494 e. The van der Waals surface area contributed by atoms with Gasteiger partial charge >= 0.3 is 0 Å². The van der Waals surface area contributed by atoms with Crippen molar-refractivity contribution < 1.29 is 4.74 Å². The number of pyridine rings is 1. The average molecular weight is 476 g/mol. The molecule has 36 heavy (non-hydrogen) atoms. The second-order valence-corrected chi connectivity index (χ2v) is 9.10. The zero-order chi connectivity index (χ0) is 24.9. The highest BCUT2D eigenvalue weighted by Crippen LogP contribution is 2.32. The smallest absolute Gasteiger partial charge is 0.138 e. The van der Waals surface area contributed by atoms with Crippen LogP contribution in [0, 0.1) is 0 Å². The molecule has 3 aromatic carbocycles. The van der Waals surface area contributed by atoms with Crippen LogP contribution in [0.5, 0.6) is 5.75 Å². The van der Waals surface area contributed by atoms with Crippen molar-refractivity contribution in [2.45, 2.75) is 20.3 Å². The molecule has 2 heterocycles. The van der Waals surface area contributed by atoms with E-state index in [4.69, 9.17) is 9.72 Å². The van der Waals surface area contributed by atoms with E-state index in [2.05, 4.69) is 91.0 Å². The lowest BCUT2D eigenvalue weighted by Crippen LogP contribution is -2.25. The van der Waals surface area contributed by atoms with Gasteiger partial charge in [-0.3, -0.25) is 0 Å². The van der Waals surface area contributed by atoms with E-state index in [0.717, 1.165) is 77.0 Å². The average Bonchev–Trinajstić information content (AvgIpc) is 3.31. The van der Waals surface area contributed by atoms with Crippen molar-refractivity contribution in [3.8, 4) is 16.9 Å². The molecule has 0 saturated carbocycles. The van der Waals surface area contributed by atoms with E-state index in [0.29, 0.717) is 0 Å². The summed E-state index contributed by atoms with van der Waals surface area (Å²) in [6.45, 7) is 12.7. The number of aromatic nitrogens is 2. The molecule has 182 valence electrons. The van der Waals surface area contributed by atoms with E-state index < -0.39 is 0 Å². The zero-order valence-electron chi connectivity index (χ0n) is 21.1. The van der Waals surface area contributed by atoms with Gasteiger partial charge in [-0.15, -0.1) is 0 Å². The van der Waals surface area contributed by atoms with Gasteiger partial charge in [-0.05, 0) is 72.1 Å². The van der Waals surface area contributed by atoms with Gasteiger partial charge in [0.15, 0.2) is 0 Å². The molecular weight excluding hydrogens is 442 g/mol. The van der Waals surface area contributed by atoms with Crippen LogP contribution in [0.4, 0.5) is 0 Å². The molecule has 0 bridgehead atoms. The highest BCUT2D eigenvalue weighted by atomic mass is 16.5. The third kappa shape index (κ3) is 5.05. The SMILES string of the molecule is C=C(c1ccccc1)c1cnc2[nH]c3ccc(-c4ccc(OCCCN(CC)CC)cc4)cc3c2c1. The standard InChI is InChI=1S/C32H33N3O/c1-4-35(5-2)18-9-19-36-28-15-12-25(13-16-28)26-14-17-31-29(20-26)30-21-27(22-33-32(30)34-31)23(3)24-10-7-6-8-11-24/h6-8,10-17,20-22H,3-5,9,18-19H2,1-2H3,(H,33,34). The fourth-order valence-corrected chi connectivity index (χ4v) is 4.69. The summed E-state index contributed by atoms with van der Waals surface area (Å²) in [6, 6.07) is 27.4. The van der Waals surface area contributed by atoms with Crippen LogP contribution in [-0.2, 0) is 0 Å². The minimum absolute atomic E-state index is 0.737. The number of H-pyrrole nitrogens is 1. The van der Waals surface area contributed by atoms with Crippen LogP contribution in [0.1, 0.15) is 31.4 Å². The monoisotopic (exact) mass is 475 g/mol. The molecule has 0 fully saturated rings. The van der Waals surface area contributed by atoms with Gasteiger partial charge in [-0.25, -0.2) is 4.98 Å². The molecule has 0 spiro atoms. The Hall–Kier alpha value is -3.89. The number of rotatable bonds is 10. The van der Waals surface area contributed by atoms with Gasteiger partial charge in [0.05, 0.1) is 6.61 Å². The Labute approximate surface area is 213 Å². The van der Waals surface area contributed by atoms with E-state index in [-0.39, 0.29) is 0 Å². The van der Waals surface area contributed by atoms with E-state index >= 15 is 0 Å². The van der Waals surface area contributed by atoms with Crippen molar-refractivity contribution >= 4 is 27.5 Å². The van der Waals surface area contributed by atoms with Crippen LogP contribution < -0.4 is 4.74 Å². The van der Waals surface area contributed by atoms with E-state index in [1.54, 1.807) is 0 Å². The first-order chi connectivity index (χ1) is 17.7. The summed E-state index contributed by atoms with van der Waals surface area (Å²) < 4.78 is 5.98.